The van der Waals surface area contributed by atoms with Crippen LogP contribution in [0.4, 0.5) is 11.4 Å². The maximum absolute atomic E-state index is 12.6. The van der Waals surface area contributed by atoms with Gasteiger partial charge in [-0.05, 0) is 37.3 Å². The van der Waals surface area contributed by atoms with Crippen LogP contribution in [0.15, 0.2) is 63.6 Å². The highest BCUT2D eigenvalue weighted by molar-refractivity contribution is 6.30. The Balaban J connectivity index is 2.03. The summed E-state index contributed by atoms with van der Waals surface area (Å²) < 4.78 is 1.30. The lowest BCUT2D eigenvalue weighted by molar-refractivity contribution is 0.0697. The second-order valence-corrected chi connectivity index (χ2v) is 5.66. The summed E-state index contributed by atoms with van der Waals surface area (Å²) in [4.78, 5) is 23.8. The molecular weight excluding hydrogens is 344 g/mol. The number of carbonyl (C=O) groups is 1. The third-order valence-electron chi connectivity index (χ3n) is 3.50. The number of carboxylic acids is 1. The van der Waals surface area contributed by atoms with Gasteiger partial charge in [-0.1, -0.05) is 29.8 Å². The van der Waals surface area contributed by atoms with Crippen LogP contribution >= 0.6 is 11.6 Å². The predicted molar refractivity (Wildman–Crippen MR) is 93.7 cm³/mol. The van der Waals surface area contributed by atoms with E-state index < -0.39 is 11.5 Å². The second kappa shape index (κ2) is 6.74. The van der Waals surface area contributed by atoms with Crippen molar-refractivity contribution in [2.75, 3.05) is 0 Å². The fraction of sp³-hybridized carbons (Fsp3) is 0.0588. The Morgan fingerprint density at radius 2 is 1.92 bits per heavy atom. The van der Waals surface area contributed by atoms with E-state index in [1.165, 1.54) is 16.8 Å². The number of aromatic nitrogens is 2. The Hall–Kier alpha value is -3.19. The van der Waals surface area contributed by atoms with Crippen LogP contribution in [0.2, 0.25) is 5.02 Å². The van der Waals surface area contributed by atoms with Crippen molar-refractivity contribution in [3.05, 3.63) is 75.2 Å². The Labute approximate surface area is 147 Å². The zero-order valence-electron chi connectivity index (χ0n) is 13.1. The maximum Gasteiger partial charge on any atom is 0.337 e. The molecule has 0 amide bonds. The molecule has 0 aliphatic rings. The van der Waals surface area contributed by atoms with Gasteiger partial charge in [-0.2, -0.15) is 0 Å². The molecule has 25 heavy (non-hydrogen) atoms. The molecular formula is C17H13ClN4O3. The zero-order valence-corrected chi connectivity index (χ0v) is 13.9. The summed E-state index contributed by atoms with van der Waals surface area (Å²) in [6.45, 7) is 1.68. The Bertz CT molecular complexity index is 1040. The van der Waals surface area contributed by atoms with Gasteiger partial charge >= 0.3 is 5.97 Å². The maximum atomic E-state index is 12.6. The van der Waals surface area contributed by atoms with E-state index in [2.05, 4.69) is 15.3 Å². The number of hydrogen-bond acceptors (Lipinski definition) is 4. The lowest BCUT2D eigenvalue weighted by Crippen LogP contribution is -2.13. The average molecular weight is 357 g/mol. The predicted octanol–water partition coefficient (Wildman–Crippen LogP) is 4.24. The summed E-state index contributed by atoms with van der Waals surface area (Å²) in [5, 5.41) is 20.4. The molecule has 0 unspecified atom stereocenters. The van der Waals surface area contributed by atoms with E-state index >= 15 is 0 Å². The summed E-state index contributed by atoms with van der Waals surface area (Å²) in [5.74, 6) is -1.11. The molecule has 1 aromatic heterocycles. The zero-order chi connectivity index (χ0) is 18.0. The standard InChI is InChI=1S/C17H13ClN4O3/c1-10-15(20-19-14-8-3-2-7-13(14)17(24)25)16(23)22(21-10)12-6-4-5-11(18)9-12/h2-9,21H,1H3,(H,24,25). The van der Waals surface area contributed by atoms with E-state index in [-0.39, 0.29) is 16.9 Å². The fourth-order valence-electron chi connectivity index (χ4n) is 2.30. The topological polar surface area (TPSA) is 99.8 Å². The molecule has 0 spiro atoms. The van der Waals surface area contributed by atoms with Crippen molar-refractivity contribution in [2.45, 2.75) is 6.92 Å². The van der Waals surface area contributed by atoms with Crippen LogP contribution in [-0.2, 0) is 0 Å². The van der Waals surface area contributed by atoms with Gasteiger partial charge in [0, 0.05) is 5.02 Å². The van der Waals surface area contributed by atoms with Gasteiger partial charge in [0.2, 0.25) is 0 Å². The van der Waals surface area contributed by atoms with Crippen LogP contribution in [-0.4, -0.2) is 20.9 Å². The Morgan fingerprint density at radius 1 is 1.16 bits per heavy atom. The van der Waals surface area contributed by atoms with Crippen LogP contribution in [0.1, 0.15) is 16.1 Å². The van der Waals surface area contributed by atoms with E-state index in [4.69, 9.17) is 16.7 Å². The molecule has 0 radical (unpaired) electrons. The number of carboxylic acid groups (broad SMARTS) is 1. The first-order chi connectivity index (χ1) is 12.0. The molecule has 3 aromatic rings. The first-order valence-electron chi connectivity index (χ1n) is 7.29. The van der Waals surface area contributed by atoms with Crippen LogP contribution in [0.25, 0.3) is 5.69 Å². The Morgan fingerprint density at radius 3 is 2.64 bits per heavy atom. The number of nitrogens with zero attached hydrogens (tertiary/aromatic N) is 3. The summed E-state index contributed by atoms with van der Waals surface area (Å²) in [5.41, 5.74) is 0.935. The van der Waals surface area contributed by atoms with Gasteiger partial charge in [0.25, 0.3) is 5.56 Å². The SMILES string of the molecule is Cc1[nH]n(-c2cccc(Cl)c2)c(=O)c1N=Nc1ccccc1C(=O)O. The quantitative estimate of drug-likeness (QED) is 0.683. The lowest BCUT2D eigenvalue weighted by atomic mass is 10.2. The minimum absolute atomic E-state index is 0.00889. The normalized spacial score (nSPS) is 11.1. The van der Waals surface area contributed by atoms with E-state index in [1.54, 1.807) is 43.3 Å². The molecule has 8 heteroatoms. The van der Waals surface area contributed by atoms with Crippen LogP contribution in [0.3, 0.4) is 0 Å². The number of aromatic amines is 1. The highest BCUT2D eigenvalue weighted by Gasteiger charge is 2.13. The molecule has 0 saturated heterocycles. The number of H-pyrrole nitrogens is 1. The van der Waals surface area contributed by atoms with Gasteiger partial charge in [0.05, 0.1) is 16.9 Å². The first-order valence-corrected chi connectivity index (χ1v) is 7.67. The smallest absolute Gasteiger partial charge is 0.337 e. The van der Waals surface area contributed by atoms with E-state index in [1.807, 2.05) is 0 Å². The number of azo groups is 1. The molecule has 0 bridgehead atoms. The van der Waals surface area contributed by atoms with E-state index in [0.717, 1.165) is 0 Å². The number of hydrogen-bond donors (Lipinski definition) is 2. The molecule has 0 fully saturated rings. The average Bonchev–Trinajstić information content (AvgIpc) is 2.87. The number of halogens is 1. The molecule has 0 aliphatic carbocycles. The molecule has 126 valence electrons. The van der Waals surface area contributed by atoms with Gasteiger partial charge in [0.15, 0.2) is 5.69 Å². The summed E-state index contributed by atoms with van der Waals surface area (Å²) in [6, 6.07) is 13.0. The van der Waals surface area contributed by atoms with Gasteiger partial charge in [-0.25, -0.2) is 9.48 Å². The monoisotopic (exact) mass is 356 g/mol. The molecule has 1 heterocycles. The third kappa shape index (κ3) is 3.36. The van der Waals surface area contributed by atoms with Crippen LogP contribution in [0.5, 0.6) is 0 Å². The first kappa shape index (κ1) is 16.7. The van der Waals surface area contributed by atoms with Crippen molar-refractivity contribution < 1.29 is 9.90 Å². The lowest BCUT2D eigenvalue weighted by Gasteiger charge is -2.01. The molecule has 0 atom stereocenters. The Kier molecular flexibility index (Phi) is 4.49. The molecule has 3 rings (SSSR count). The van der Waals surface area contributed by atoms with Gasteiger partial charge in [0.1, 0.15) is 5.69 Å². The summed E-state index contributed by atoms with van der Waals surface area (Å²) >= 11 is 5.96. The van der Waals surface area contributed by atoms with Crippen LogP contribution in [0, 0.1) is 6.92 Å². The van der Waals surface area contributed by atoms with Gasteiger partial charge in [-0.3, -0.25) is 9.89 Å². The number of benzene rings is 2. The number of aryl methyl sites for hydroxylation is 1. The summed E-state index contributed by atoms with van der Waals surface area (Å²) in [6.07, 6.45) is 0. The van der Waals surface area contributed by atoms with Crippen molar-refractivity contribution in [3.8, 4) is 5.69 Å². The highest BCUT2D eigenvalue weighted by atomic mass is 35.5. The van der Waals surface area contributed by atoms with E-state index in [9.17, 15) is 9.59 Å². The minimum Gasteiger partial charge on any atom is -0.478 e. The number of aromatic carboxylic acids is 1. The van der Waals surface area contributed by atoms with Crippen molar-refractivity contribution in [1.82, 2.24) is 9.78 Å². The van der Waals surface area contributed by atoms with Crippen molar-refractivity contribution in [1.29, 1.82) is 0 Å². The van der Waals surface area contributed by atoms with Crippen molar-refractivity contribution in [2.24, 2.45) is 10.2 Å². The van der Waals surface area contributed by atoms with Crippen molar-refractivity contribution in [3.63, 3.8) is 0 Å². The van der Waals surface area contributed by atoms with Crippen molar-refractivity contribution >= 4 is 28.9 Å². The molecule has 0 saturated carbocycles. The number of nitrogens with one attached hydrogen (secondary N) is 1. The molecule has 0 aliphatic heterocycles. The van der Waals surface area contributed by atoms with Gasteiger partial charge in [-0.15, -0.1) is 10.2 Å². The molecule has 2 aromatic carbocycles. The van der Waals surface area contributed by atoms with E-state index in [0.29, 0.717) is 16.4 Å². The number of rotatable bonds is 4. The largest absolute Gasteiger partial charge is 0.478 e. The second-order valence-electron chi connectivity index (χ2n) is 5.23. The fourth-order valence-corrected chi connectivity index (χ4v) is 2.48. The molecule has 7 nitrogen and oxygen atoms in total. The highest BCUT2D eigenvalue weighted by Crippen LogP contribution is 2.23. The van der Waals surface area contributed by atoms with Crippen LogP contribution < -0.4 is 5.56 Å². The summed E-state index contributed by atoms with van der Waals surface area (Å²) in [7, 11) is 0. The third-order valence-corrected chi connectivity index (χ3v) is 3.73. The minimum atomic E-state index is -1.11. The molecule has 2 N–H and O–H groups in total. The van der Waals surface area contributed by atoms with Gasteiger partial charge < -0.3 is 5.11 Å².